The highest BCUT2D eigenvalue weighted by Gasteiger charge is 2.28. The first-order valence-electron chi connectivity index (χ1n) is 5.12. The standard InChI is InChI=1S/C9H23N3O2S/c1-7(2)9(4,5)12-15(13,14)11-8(3)6-10/h7-8,11-12H,6,10H2,1-5H3. The fourth-order valence-electron chi connectivity index (χ4n) is 0.807. The molecular formula is C9H23N3O2S. The first-order valence-corrected chi connectivity index (χ1v) is 6.60. The third kappa shape index (κ3) is 5.46. The molecular weight excluding hydrogens is 214 g/mol. The largest absolute Gasteiger partial charge is 0.329 e. The highest BCUT2D eigenvalue weighted by molar-refractivity contribution is 7.87. The van der Waals surface area contributed by atoms with E-state index in [1.54, 1.807) is 6.92 Å². The third-order valence-corrected chi connectivity index (χ3v) is 4.06. The Morgan fingerprint density at radius 2 is 1.73 bits per heavy atom. The summed E-state index contributed by atoms with van der Waals surface area (Å²) < 4.78 is 28.3. The molecule has 1 unspecified atom stereocenters. The molecule has 0 fully saturated rings. The summed E-state index contributed by atoms with van der Waals surface area (Å²) in [5.74, 6) is 0.210. The molecule has 0 aliphatic carbocycles. The molecule has 0 amide bonds. The van der Waals surface area contributed by atoms with Gasteiger partial charge in [-0.25, -0.2) is 0 Å². The fraction of sp³-hybridized carbons (Fsp3) is 1.00. The van der Waals surface area contributed by atoms with Gasteiger partial charge in [0.05, 0.1) is 0 Å². The number of nitrogens with two attached hydrogens (primary N) is 1. The Morgan fingerprint density at radius 1 is 1.27 bits per heavy atom. The van der Waals surface area contributed by atoms with Crippen LogP contribution in [0.1, 0.15) is 34.6 Å². The molecule has 0 saturated heterocycles. The van der Waals surface area contributed by atoms with Crippen molar-refractivity contribution in [1.82, 2.24) is 9.44 Å². The van der Waals surface area contributed by atoms with E-state index in [0.717, 1.165) is 0 Å². The minimum absolute atomic E-state index is 0.210. The van der Waals surface area contributed by atoms with Crippen LogP contribution in [0.3, 0.4) is 0 Å². The quantitative estimate of drug-likeness (QED) is 0.616. The van der Waals surface area contributed by atoms with Gasteiger partial charge in [0.25, 0.3) is 10.2 Å². The van der Waals surface area contributed by atoms with Crippen molar-refractivity contribution in [3.8, 4) is 0 Å². The smallest absolute Gasteiger partial charge is 0.277 e. The molecule has 0 rings (SSSR count). The van der Waals surface area contributed by atoms with Crippen LogP contribution in [0.25, 0.3) is 0 Å². The van der Waals surface area contributed by atoms with Crippen molar-refractivity contribution in [1.29, 1.82) is 0 Å². The molecule has 4 N–H and O–H groups in total. The van der Waals surface area contributed by atoms with E-state index in [4.69, 9.17) is 5.73 Å². The first kappa shape index (κ1) is 14.8. The van der Waals surface area contributed by atoms with Gasteiger partial charge in [-0.15, -0.1) is 0 Å². The third-order valence-electron chi connectivity index (χ3n) is 2.55. The van der Waals surface area contributed by atoms with Crippen molar-refractivity contribution in [3.63, 3.8) is 0 Å². The SMILES string of the molecule is CC(CN)NS(=O)(=O)NC(C)(C)C(C)C. The van der Waals surface area contributed by atoms with Gasteiger partial charge in [0, 0.05) is 18.1 Å². The summed E-state index contributed by atoms with van der Waals surface area (Å²) in [7, 11) is -3.48. The van der Waals surface area contributed by atoms with Gasteiger partial charge in [0.1, 0.15) is 0 Å². The number of nitrogens with one attached hydrogen (secondary N) is 2. The van der Waals surface area contributed by atoms with Crippen LogP contribution in [0.15, 0.2) is 0 Å². The molecule has 0 aliphatic heterocycles. The van der Waals surface area contributed by atoms with Crippen molar-refractivity contribution in [2.45, 2.75) is 46.2 Å². The van der Waals surface area contributed by atoms with Crippen molar-refractivity contribution in [3.05, 3.63) is 0 Å². The maximum Gasteiger partial charge on any atom is 0.277 e. The van der Waals surface area contributed by atoms with Gasteiger partial charge in [0.15, 0.2) is 0 Å². The second-order valence-electron chi connectivity index (χ2n) is 4.74. The van der Waals surface area contributed by atoms with E-state index in [9.17, 15) is 8.42 Å². The molecule has 0 aromatic heterocycles. The lowest BCUT2D eigenvalue weighted by molar-refractivity contribution is 0.333. The van der Waals surface area contributed by atoms with Crippen LogP contribution in [0.2, 0.25) is 0 Å². The highest BCUT2D eigenvalue weighted by atomic mass is 32.2. The van der Waals surface area contributed by atoms with Gasteiger partial charge in [-0.2, -0.15) is 17.9 Å². The van der Waals surface area contributed by atoms with Crippen LogP contribution in [0, 0.1) is 5.92 Å². The van der Waals surface area contributed by atoms with Crippen LogP contribution in [-0.4, -0.2) is 26.5 Å². The lowest BCUT2D eigenvalue weighted by Gasteiger charge is -2.30. The highest BCUT2D eigenvalue weighted by Crippen LogP contribution is 2.15. The lowest BCUT2D eigenvalue weighted by Crippen LogP contribution is -2.54. The Labute approximate surface area is 93.0 Å². The molecule has 0 aromatic carbocycles. The number of rotatable bonds is 6. The van der Waals surface area contributed by atoms with E-state index in [1.165, 1.54) is 0 Å². The summed E-state index contributed by atoms with van der Waals surface area (Å²) in [4.78, 5) is 0. The minimum atomic E-state index is -3.48. The monoisotopic (exact) mass is 237 g/mol. The maximum atomic E-state index is 11.6. The average Bonchev–Trinajstić information content (AvgIpc) is 2.00. The van der Waals surface area contributed by atoms with Crippen molar-refractivity contribution >= 4 is 10.2 Å². The molecule has 0 radical (unpaired) electrons. The maximum absolute atomic E-state index is 11.6. The Morgan fingerprint density at radius 3 is 2.07 bits per heavy atom. The van der Waals surface area contributed by atoms with Crippen LogP contribution in [-0.2, 0) is 10.2 Å². The zero-order chi connectivity index (χ0) is 12.3. The van der Waals surface area contributed by atoms with Gasteiger partial charge in [-0.1, -0.05) is 13.8 Å². The summed E-state index contributed by atoms with van der Waals surface area (Å²) >= 11 is 0. The van der Waals surface area contributed by atoms with Gasteiger partial charge >= 0.3 is 0 Å². The summed E-state index contributed by atoms with van der Waals surface area (Å²) in [6.45, 7) is 9.64. The number of hydrogen-bond acceptors (Lipinski definition) is 3. The van der Waals surface area contributed by atoms with E-state index in [0.29, 0.717) is 0 Å². The molecule has 0 aliphatic rings. The molecule has 92 valence electrons. The molecule has 0 bridgehead atoms. The molecule has 6 heteroatoms. The van der Waals surface area contributed by atoms with E-state index in [2.05, 4.69) is 9.44 Å². The predicted molar refractivity (Wildman–Crippen MR) is 62.6 cm³/mol. The van der Waals surface area contributed by atoms with Crippen molar-refractivity contribution in [2.24, 2.45) is 11.7 Å². The molecule has 5 nitrogen and oxygen atoms in total. The second-order valence-corrected chi connectivity index (χ2v) is 6.18. The summed E-state index contributed by atoms with van der Waals surface area (Å²) in [5, 5.41) is 0. The molecule has 1 atom stereocenters. The van der Waals surface area contributed by atoms with E-state index < -0.39 is 15.7 Å². The van der Waals surface area contributed by atoms with Crippen LogP contribution < -0.4 is 15.2 Å². The van der Waals surface area contributed by atoms with Gasteiger partial charge in [0.2, 0.25) is 0 Å². The Hall–Kier alpha value is -0.170. The molecule has 15 heavy (non-hydrogen) atoms. The Bertz CT molecular complexity index is 286. The summed E-state index contributed by atoms with van der Waals surface area (Å²) in [6, 6.07) is -0.259. The van der Waals surface area contributed by atoms with Crippen LogP contribution in [0.5, 0.6) is 0 Å². The van der Waals surface area contributed by atoms with E-state index in [1.807, 2.05) is 27.7 Å². The van der Waals surface area contributed by atoms with Gasteiger partial charge in [-0.05, 0) is 26.7 Å². The Balaban J connectivity index is 4.52. The van der Waals surface area contributed by atoms with Crippen molar-refractivity contribution in [2.75, 3.05) is 6.54 Å². The molecule has 0 spiro atoms. The molecule has 0 saturated carbocycles. The minimum Gasteiger partial charge on any atom is -0.329 e. The normalized spacial score (nSPS) is 15.7. The summed E-state index contributed by atoms with van der Waals surface area (Å²) in [6.07, 6.45) is 0. The zero-order valence-corrected chi connectivity index (χ0v) is 11.0. The Kier molecular flexibility index (Phi) is 5.19. The van der Waals surface area contributed by atoms with Gasteiger partial charge in [-0.3, -0.25) is 0 Å². The fourth-order valence-corrected chi connectivity index (χ4v) is 2.42. The van der Waals surface area contributed by atoms with Crippen molar-refractivity contribution < 1.29 is 8.42 Å². The first-order chi connectivity index (χ1) is 6.60. The van der Waals surface area contributed by atoms with Crippen LogP contribution in [0.4, 0.5) is 0 Å². The molecule has 0 heterocycles. The summed E-state index contributed by atoms with van der Waals surface area (Å²) in [5.41, 5.74) is 4.88. The average molecular weight is 237 g/mol. The van der Waals surface area contributed by atoms with Crippen LogP contribution >= 0.6 is 0 Å². The molecule has 0 aromatic rings. The number of hydrogen-bond donors (Lipinski definition) is 3. The zero-order valence-electron chi connectivity index (χ0n) is 10.2. The predicted octanol–water partition coefficient (Wildman–Crippen LogP) is 0.192. The lowest BCUT2D eigenvalue weighted by atomic mass is 9.92. The van der Waals surface area contributed by atoms with E-state index >= 15 is 0 Å². The topological polar surface area (TPSA) is 84.2 Å². The van der Waals surface area contributed by atoms with E-state index in [-0.39, 0.29) is 18.5 Å². The van der Waals surface area contributed by atoms with Gasteiger partial charge < -0.3 is 5.73 Å². The second kappa shape index (κ2) is 5.25.